The molecule has 2 unspecified atom stereocenters. The van der Waals surface area contributed by atoms with Gasteiger partial charge in [-0.15, -0.1) is 0 Å². The van der Waals surface area contributed by atoms with E-state index in [-0.39, 0.29) is 5.97 Å². The van der Waals surface area contributed by atoms with Gasteiger partial charge in [-0.05, 0) is 72.9 Å². The molecule has 0 spiro atoms. The minimum Gasteiger partial charge on any atom is -0.468 e. The number of nitrogens with zero attached hydrogens (tertiary/aromatic N) is 2. The van der Waals surface area contributed by atoms with Crippen molar-refractivity contribution in [3.8, 4) is 0 Å². The number of carbonyl (C=O) groups excluding carboxylic acids is 1. The van der Waals surface area contributed by atoms with Crippen molar-refractivity contribution in [2.24, 2.45) is 0 Å². The van der Waals surface area contributed by atoms with Crippen LogP contribution in [0.25, 0.3) is 0 Å². The molecule has 0 saturated heterocycles. The zero-order valence-electron chi connectivity index (χ0n) is 14.4. The third-order valence-electron chi connectivity index (χ3n) is 4.75. The second-order valence-electron chi connectivity index (χ2n) is 6.36. The van der Waals surface area contributed by atoms with Gasteiger partial charge in [0.1, 0.15) is 5.54 Å². The summed E-state index contributed by atoms with van der Waals surface area (Å²) in [4.78, 5) is 16.9. The van der Waals surface area contributed by atoms with Crippen LogP contribution >= 0.6 is 0 Å². The largest absolute Gasteiger partial charge is 0.468 e. The highest BCUT2D eigenvalue weighted by Crippen LogP contribution is 2.32. The summed E-state index contributed by atoms with van der Waals surface area (Å²) in [5, 5.41) is 3.24. The van der Waals surface area contributed by atoms with E-state index in [0.29, 0.717) is 6.04 Å². The van der Waals surface area contributed by atoms with E-state index in [9.17, 15) is 4.79 Å². The smallest absolute Gasteiger partial charge is 0.326 e. The predicted molar refractivity (Wildman–Crippen MR) is 86.5 cm³/mol. The normalized spacial score (nSPS) is 26.3. The Balaban J connectivity index is 2.65. The standard InChI is InChI=1S/C16H33N3O2/c1-6-19(12-8-11-18(3)4)14-9-7-10-16(13-14,17-2)15(20)21-5/h14,17H,6-13H2,1-5H3. The van der Waals surface area contributed by atoms with E-state index >= 15 is 0 Å². The molecule has 0 amide bonds. The lowest BCUT2D eigenvalue weighted by molar-refractivity contribution is -0.151. The molecule has 5 heteroatoms. The zero-order valence-corrected chi connectivity index (χ0v) is 14.4. The molecule has 21 heavy (non-hydrogen) atoms. The lowest BCUT2D eigenvalue weighted by Gasteiger charge is -2.42. The van der Waals surface area contributed by atoms with E-state index in [1.807, 2.05) is 7.05 Å². The molecule has 0 radical (unpaired) electrons. The van der Waals surface area contributed by atoms with Crippen molar-refractivity contribution in [3.63, 3.8) is 0 Å². The maximum Gasteiger partial charge on any atom is 0.326 e. The number of methoxy groups -OCH3 is 1. The summed E-state index contributed by atoms with van der Waals surface area (Å²) >= 11 is 0. The second-order valence-corrected chi connectivity index (χ2v) is 6.36. The molecule has 0 heterocycles. The summed E-state index contributed by atoms with van der Waals surface area (Å²) < 4.78 is 5.03. The van der Waals surface area contributed by atoms with Gasteiger partial charge in [0, 0.05) is 6.04 Å². The van der Waals surface area contributed by atoms with Crippen molar-refractivity contribution >= 4 is 5.97 Å². The first kappa shape index (κ1) is 18.4. The summed E-state index contributed by atoms with van der Waals surface area (Å²) in [6.45, 7) is 5.46. The van der Waals surface area contributed by atoms with Crippen molar-refractivity contribution in [1.29, 1.82) is 0 Å². The molecule has 1 aliphatic carbocycles. The Morgan fingerprint density at radius 1 is 1.38 bits per heavy atom. The van der Waals surface area contributed by atoms with E-state index < -0.39 is 5.54 Å². The van der Waals surface area contributed by atoms with Crippen LogP contribution in [0.1, 0.15) is 39.0 Å². The fourth-order valence-corrected chi connectivity index (χ4v) is 3.46. The van der Waals surface area contributed by atoms with E-state index in [1.165, 1.54) is 20.0 Å². The summed E-state index contributed by atoms with van der Waals surface area (Å²) in [5.74, 6) is -0.112. The Labute approximate surface area is 130 Å². The summed E-state index contributed by atoms with van der Waals surface area (Å²) in [7, 11) is 7.59. The zero-order chi connectivity index (χ0) is 15.9. The van der Waals surface area contributed by atoms with Crippen LogP contribution in [0.2, 0.25) is 0 Å². The fourth-order valence-electron chi connectivity index (χ4n) is 3.46. The number of esters is 1. The van der Waals surface area contributed by atoms with Gasteiger partial charge in [0.2, 0.25) is 0 Å². The van der Waals surface area contributed by atoms with Gasteiger partial charge < -0.3 is 19.9 Å². The van der Waals surface area contributed by atoms with Crippen molar-refractivity contribution < 1.29 is 9.53 Å². The molecule has 0 aromatic rings. The molecule has 5 nitrogen and oxygen atoms in total. The second kappa shape index (κ2) is 8.71. The summed E-state index contributed by atoms with van der Waals surface area (Å²) in [6.07, 6.45) is 5.15. The van der Waals surface area contributed by atoms with Crippen molar-refractivity contribution in [3.05, 3.63) is 0 Å². The Morgan fingerprint density at radius 2 is 2.10 bits per heavy atom. The van der Waals surface area contributed by atoms with Crippen molar-refractivity contribution in [2.75, 3.05) is 47.9 Å². The molecular formula is C16H33N3O2. The van der Waals surface area contributed by atoms with Gasteiger partial charge in [0.25, 0.3) is 0 Å². The highest BCUT2D eigenvalue weighted by atomic mass is 16.5. The van der Waals surface area contributed by atoms with Crippen LogP contribution in [0.4, 0.5) is 0 Å². The van der Waals surface area contributed by atoms with Gasteiger partial charge in [0.05, 0.1) is 7.11 Å². The minimum absolute atomic E-state index is 0.112. The van der Waals surface area contributed by atoms with Crippen molar-refractivity contribution in [2.45, 2.75) is 50.6 Å². The third kappa shape index (κ3) is 4.94. The maximum absolute atomic E-state index is 12.2. The molecule has 0 aromatic heterocycles. The van der Waals surface area contributed by atoms with Crippen LogP contribution in [0.3, 0.4) is 0 Å². The topological polar surface area (TPSA) is 44.8 Å². The van der Waals surface area contributed by atoms with Crippen LogP contribution < -0.4 is 5.32 Å². The molecule has 1 saturated carbocycles. The molecule has 0 aromatic carbocycles. The van der Waals surface area contributed by atoms with E-state index in [1.54, 1.807) is 0 Å². The van der Waals surface area contributed by atoms with Crippen LogP contribution in [0.15, 0.2) is 0 Å². The Morgan fingerprint density at radius 3 is 2.62 bits per heavy atom. The Kier molecular flexibility index (Phi) is 7.63. The first-order chi connectivity index (χ1) is 9.99. The van der Waals surface area contributed by atoms with Gasteiger partial charge in [-0.25, -0.2) is 0 Å². The molecule has 124 valence electrons. The Hall–Kier alpha value is -0.650. The summed E-state index contributed by atoms with van der Waals surface area (Å²) in [6, 6.07) is 0.470. The average Bonchev–Trinajstić information content (AvgIpc) is 2.50. The van der Waals surface area contributed by atoms with Gasteiger partial charge in [-0.3, -0.25) is 4.79 Å². The number of hydrogen-bond donors (Lipinski definition) is 1. The SMILES string of the molecule is CCN(CCCN(C)C)C1CCCC(NC)(C(=O)OC)C1. The van der Waals surface area contributed by atoms with E-state index in [2.05, 4.69) is 36.1 Å². The van der Waals surface area contributed by atoms with E-state index in [4.69, 9.17) is 4.74 Å². The quantitative estimate of drug-likeness (QED) is 0.685. The fraction of sp³-hybridized carbons (Fsp3) is 0.938. The number of nitrogens with one attached hydrogen (secondary N) is 1. The number of ether oxygens (including phenoxy) is 1. The molecule has 1 rings (SSSR count). The first-order valence-corrected chi connectivity index (χ1v) is 8.15. The van der Waals surface area contributed by atoms with Gasteiger partial charge in [0.15, 0.2) is 0 Å². The van der Waals surface area contributed by atoms with Gasteiger partial charge in [-0.2, -0.15) is 0 Å². The molecule has 0 aliphatic heterocycles. The van der Waals surface area contributed by atoms with Gasteiger partial charge in [-0.1, -0.05) is 6.92 Å². The molecule has 0 bridgehead atoms. The monoisotopic (exact) mass is 299 g/mol. The van der Waals surface area contributed by atoms with Crippen LogP contribution in [0.5, 0.6) is 0 Å². The van der Waals surface area contributed by atoms with E-state index in [0.717, 1.165) is 38.9 Å². The average molecular weight is 299 g/mol. The molecular weight excluding hydrogens is 266 g/mol. The number of likely N-dealkylation sites (N-methyl/N-ethyl adjacent to an activating group) is 1. The molecule has 1 fully saturated rings. The predicted octanol–water partition coefficient (Wildman–Crippen LogP) is 1.33. The summed E-state index contributed by atoms with van der Waals surface area (Å²) in [5.41, 5.74) is -0.493. The van der Waals surface area contributed by atoms with Crippen LogP contribution in [-0.2, 0) is 9.53 Å². The minimum atomic E-state index is -0.493. The number of hydrogen-bond acceptors (Lipinski definition) is 5. The maximum atomic E-state index is 12.2. The highest BCUT2D eigenvalue weighted by molar-refractivity contribution is 5.81. The van der Waals surface area contributed by atoms with Crippen LogP contribution in [0, 0.1) is 0 Å². The van der Waals surface area contributed by atoms with Crippen LogP contribution in [-0.4, -0.2) is 75.2 Å². The molecule has 1 N–H and O–H groups in total. The first-order valence-electron chi connectivity index (χ1n) is 8.15. The third-order valence-corrected chi connectivity index (χ3v) is 4.75. The van der Waals surface area contributed by atoms with Gasteiger partial charge >= 0.3 is 5.97 Å². The molecule has 1 aliphatic rings. The van der Waals surface area contributed by atoms with Crippen molar-refractivity contribution in [1.82, 2.24) is 15.1 Å². The molecule has 2 atom stereocenters. The lowest BCUT2D eigenvalue weighted by atomic mass is 9.78. The number of carbonyl (C=O) groups is 1. The Bertz CT molecular complexity index is 323. The number of rotatable bonds is 8. The highest BCUT2D eigenvalue weighted by Gasteiger charge is 2.43. The lowest BCUT2D eigenvalue weighted by Crippen LogP contribution is -2.57.